The van der Waals surface area contributed by atoms with Crippen LogP contribution >= 0.6 is 0 Å². The maximum absolute atomic E-state index is 13.0. The summed E-state index contributed by atoms with van der Waals surface area (Å²) in [6.07, 6.45) is 1.57. The number of benzene rings is 2. The van der Waals surface area contributed by atoms with Gasteiger partial charge in [0.1, 0.15) is 10.6 Å². The highest BCUT2D eigenvalue weighted by Gasteiger charge is 2.27. The van der Waals surface area contributed by atoms with Crippen molar-refractivity contribution < 1.29 is 17.9 Å². The minimum absolute atomic E-state index is 0.00385. The highest BCUT2D eigenvalue weighted by atomic mass is 32.2. The van der Waals surface area contributed by atoms with Gasteiger partial charge in [0.2, 0.25) is 10.0 Å². The molecular weight excluding hydrogens is 388 g/mol. The Labute approximate surface area is 173 Å². The molecule has 2 aromatic carbocycles. The first kappa shape index (κ1) is 22.9. The number of ether oxygens (including phenoxy) is 1. The van der Waals surface area contributed by atoms with Crippen LogP contribution in [0.2, 0.25) is 0 Å². The van der Waals surface area contributed by atoms with E-state index in [1.807, 2.05) is 32.0 Å². The molecule has 2 rings (SSSR count). The number of rotatable bonds is 9. The molecule has 158 valence electrons. The molecule has 29 heavy (non-hydrogen) atoms. The number of nitrogens with zero attached hydrogens (tertiary/aromatic N) is 1. The summed E-state index contributed by atoms with van der Waals surface area (Å²) in [5.74, 6) is -0.129. The SMILES string of the molecule is CCc1cccc(CC)c1NC(=O)c1ccc(OC)c(S(=O)(=O)N(CC)CC)c1. The van der Waals surface area contributed by atoms with Crippen molar-refractivity contribution in [2.45, 2.75) is 45.4 Å². The van der Waals surface area contributed by atoms with Gasteiger partial charge in [-0.2, -0.15) is 4.31 Å². The van der Waals surface area contributed by atoms with Gasteiger partial charge in [-0.3, -0.25) is 4.79 Å². The van der Waals surface area contributed by atoms with Crippen LogP contribution in [-0.4, -0.2) is 38.8 Å². The number of hydrogen-bond donors (Lipinski definition) is 1. The monoisotopic (exact) mass is 418 g/mol. The second-order valence-electron chi connectivity index (χ2n) is 6.57. The van der Waals surface area contributed by atoms with Crippen LogP contribution in [0.5, 0.6) is 5.75 Å². The maximum Gasteiger partial charge on any atom is 0.255 e. The van der Waals surface area contributed by atoms with Crippen LogP contribution in [0.25, 0.3) is 0 Å². The van der Waals surface area contributed by atoms with Crippen LogP contribution < -0.4 is 10.1 Å². The lowest BCUT2D eigenvalue weighted by molar-refractivity contribution is 0.102. The summed E-state index contributed by atoms with van der Waals surface area (Å²) in [5, 5.41) is 2.98. The predicted molar refractivity (Wildman–Crippen MR) is 116 cm³/mol. The maximum atomic E-state index is 13.0. The number of carbonyl (C=O) groups excluding carboxylic acids is 1. The standard InChI is InChI=1S/C22H30N2O4S/c1-6-16-11-10-12-17(7-2)21(16)23-22(25)18-13-14-19(28-5)20(15-18)29(26,27)24(8-3)9-4/h10-15H,6-9H2,1-5H3,(H,23,25). The fraction of sp³-hybridized carbons (Fsp3) is 0.409. The van der Waals surface area contributed by atoms with Crippen LogP contribution in [0.3, 0.4) is 0 Å². The van der Waals surface area contributed by atoms with E-state index in [9.17, 15) is 13.2 Å². The van der Waals surface area contributed by atoms with Gasteiger partial charge in [-0.15, -0.1) is 0 Å². The zero-order chi connectivity index (χ0) is 21.6. The molecule has 0 aliphatic rings. The summed E-state index contributed by atoms with van der Waals surface area (Å²) < 4.78 is 32.6. The van der Waals surface area contributed by atoms with E-state index in [0.29, 0.717) is 13.1 Å². The Kier molecular flexibility index (Phi) is 7.81. The number of para-hydroxylation sites is 1. The number of amides is 1. The second kappa shape index (κ2) is 9.89. The van der Waals surface area contributed by atoms with E-state index >= 15 is 0 Å². The summed E-state index contributed by atoms with van der Waals surface area (Å²) in [6.45, 7) is 8.29. The van der Waals surface area contributed by atoms with Crippen molar-refractivity contribution in [2.75, 3.05) is 25.5 Å². The predicted octanol–water partition coefficient (Wildman–Crippen LogP) is 4.10. The number of hydrogen-bond acceptors (Lipinski definition) is 4. The van der Waals surface area contributed by atoms with E-state index in [2.05, 4.69) is 5.32 Å². The molecule has 0 aliphatic carbocycles. The number of methoxy groups -OCH3 is 1. The molecule has 1 amide bonds. The molecular formula is C22H30N2O4S. The van der Waals surface area contributed by atoms with Gasteiger partial charge in [-0.1, -0.05) is 45.9 Å². The van der Waals surface area contributed by atoms with E-state index < -0.39 is 10.0 Å². The van der Waals surface area contributed by atoms with Gasteiger partial charge in [0.15, 0.2) is 0 Å². The van der Waals surface area contributed by atoms with Crippen molar-refractivity contribution in [1.82, 2.24) is 4.31 Å². The molecule has 0 aliphatic heterocycles. The number of nitrogens with one attached hydrogen (secondary N) is 1. The number of carbonyl (C=O) groups is 1. The third kappa shape index (κ3) is 4.79. The van der Waals surface area contributed by atoms with Crippen LogP contribution in [0.4, 0.5) is 5.69 Å². The Morgan fingerprint density at radius 1 is 1.00 bits per heavy atom. The molecule has 1 N–H and O–H groups in total. The first-order valence-electron chi connectivity index (χ1n) is 9.94. The van der Waals surface area contributed by atoms with Crippen molar-refractivity contribution >= 4 is 21.6 Å². The molecule has 0 unspecified atom stereocenters. The smallest absolute Gasteiger partial charge is 0.255 e. The molecule has 2 aromatic rings. The van der Waals surface area contributed by atoms with E-state index in [0.717, 1.165) is 29.7 Å². The average molecular weight is 419 g/mol. The summed E-state index contributed by atoms with van der Waals surface area (Å²) in [4.78, 5) is 13.0. The van der Waals surface area contributed by atoms with Crippen molar-refractivity contribution in [1.29, 1.82) is 0 Å². The lowest BCUT2D eigenvalue weighted by atomic mass is 10.0. The van der Waals surface area contributed by atoms with Gasteiger partial charge in [-0.05, 0) is 42.2 Å². The fourth-order valence-corrected chi connectivity index (χ4v) is 4.95. The number of anilines is 1. The van der Waals surface area contributed by atoms with E-state index in [4.69, 9.17) is 4.74 Å². The largest absolute Gasteiger partial charge is 0.495 e. The molecule has 0 saturated carbocycles. The third-order valence-electron chi connectivity index (χ3n) is 4.99. The summed E-state index contributed by atoms with van der Waals surface area (Å²) in [7, 11) is -2.35. The van der Waals surface area contributed by atoms with Gasteiger partial charge in [0.25, 0.3) is 5.91 Å². The molecule has 7 heteroatoms. The van der Waals surface area contributed by atoms with Crippen LogP contribution in [-0.2, 0) is 22.9 Å². The lowest BCUT2D eigenvalue weighted by Crippen LogP contribution is -2.31. The van der Waals surface area contributed by atoms with Gasteiger partial charge < -0.3 is 10.1 Å². The van der Waals surface area contributed by atoms with E-state index in [1.165, 1.54) is 23.5 Å². The Morgan fingerprint density at radius 3 is 2.07 bits per heavy atom. The Hall–Kier alpha value is -2.38. The lowest BCUT2D eigenvalue weighted by Gasteiger charge is -2.20. The highest BCUT2D eigenvalue weighted by molar-refractivity contribution is 7.89. The van der Waals surface area contributed by atoms with Gasteiger partial charge >= 0.3 is 0 Å². The molecule has 0 radical (unpaired) electrons. The normalized spacial score (nSPS) is 11.5. The summed E-state index contributed by atoms with van der Waals surface area (Å²) in [5.41, 5.74) is 3.15. The minimum atomic E-state index is -3.77. The zero-order valence-electron chi connectivity index (χ0n) is 17.8. The van der Waals surface area contributed by atoms with Gasteiger partial charge in [0.05, 0.1) is 7.11 Å². The number of sulfonamides is 1. The molecule has 0 spiro atoms. The summed E-state index contributed by atoms with van der Waals surface area (Å²) >= 11 is 0. The Morgan fingerprint density at radius 2 is 1.59 bits per heavy atom. The Bertz CT molecular complexity index is 945. The fourth-order valence-electron chi connectivity index (χ4n) is 3.31. The number of aryl methyl sites for hydroxylation is 2. The third-order valence-corrected chi connectivity index (χ3v) is 7.06. The second-order valence-corrected chi connectivity index (χ2v) is 8.47. The molecule has 0 aromatic heterocycles. The first-order chi connectivity index (χ1) is 13.8. The van der Waals surface area contributed by atoms with Crippen LogP contribution in [0.15, 0.2) is 41.3 Å². The van der Waals surface area contributed by atoms with Gasteiger partial charge in [-0.25, -0.2) is 8.42 Å². The van der Waals surface area contributed by atoms with Crippen LogP contribution in [0.1, 0.15) is 49.2 Å². The first-order valence-corrected chi connectivity index (χ1v) is 11.4. The quantitative estimate of drug-likeness (QED) is 0.665. The van der Waals surface area contributed by atoms with Crippen molar-refractivity contribution in [3.05, 3.63) is 53.1 Å². The van der Waals surface area contributed by atoms with Gasteiger partial charge in [0, 0.05) is 24.3 Å². The van der Waals surface area contributed by atoms with Crippen molar-refractivity contribution in [3.8, 4) is 5.75 Å². The van der Waals surface area contributed by atoms with E-state index in [1.54, 1.807) is 19.9 Å². The topological polar surface area (TPSA) is 75.7 Å². The van der Waals surface area contributed by atoms with E-state index in [-0.39, 0.29) is 22.1 Å². The highest BCUT2D eigenvalue weighted by Crippen LogP contribution is 2.29. The van der Waals surface area contributed by atoms with Crippen molar-refractivity contribution in [2.24, 2.45) is 0 Å². The zero-order valence-corrected chi connectivity index (χ0v) is 18.6. The molecule has 0 saturated heterocycles. The molecule has 0 bridgehead atoms. The molecule has 0 fully saturated rings. The van der Waals surface area contributed by atoms with Crippen LogP contribution in [0, 0.1) is 0 Å². The molecule has 0 atom stereocenters. The minimum Gasteiger partial charge on any atom is -0.495 e. The average Bonchev–Trinajstić information content (AvgIpc) is 2.73. The van der Waals surface area contributed by atoms with Crippen molar-refractivity contribution in [3.63, 3.8) is 0 Å². The Balaban J connectivity index is 2.49. The molecule has 6 nitrogen and oxygen atoms in total. The molecule has 0 heterocycles. The summed E-state index contributed by atoms with van der Waals surface area (Å²) in [6, 6.07) is 10.4.